The molecule has 0 bridgehead atoms. The molecule has 3 atom stereocenters. The Balaban J connectivity index is 1.73. The lowest BCUT2D eigenvalue weighted by atomic mass is 9.96. The highest BCUT2D eigenvalue weighted by Crippen LogP contribution is 2.35. The van der Waals surface area contributed by atoms with Gasteiger partial charge in [0, 0.05) is 24.8 Å². The van der Waals surface area contributed by atoms with Gasteiger partial charge in [-0.3, -0.25) is 24.1 Å². The van der Waals surface area contributed by atoms with Crippen molar-refractivity contribution in [1.29, 1.82) is 0 Å². The molecule has 3 N–H and O–H groups in total. The van der Waals surface area contributed by atoms with Crippen molar-refractivity contribution in [3.63, 3.8) is 0 Å². The summed E-state index contributed by atoms with van der Waals surface area (Å²) in [6.45, 7) is 5.47. The van der Waals surface area contributed by atoms with Crippen LogP contribution in [0.2, 0.25) is 0 Å². The summed E-state index contributed by atoms with van der Waals surface area (Å²) in [7, 11) is 1.51. The number of aromatic nitrogens is 1. The van der Waals surface area contributed by atoms with E-state index >= 15 is 0 Å². The van der Waals surface area contributed by atoms with Gasteiger partial charge in [0.2, 0.25) is 17.7 Å². The molecule has 1 fully saturated rings. The van der Waals surface area contributed by atoms with E-state index in [1.807, 2.05) is 13.8 Å². The van der Waals surface area contributed by atoms with Gasteiger partial charge < -0.3 is 29.2 Å². The van der Waals surface area contributed by atoms with Crippen LogP contribution in [-0.4, -0.2) is 46.8 Å². The molecule has 0 spiro atoms. The van der Waals surface area contributed by atoms with E-state index in [1.165, 1.54) is 14.0 Å². The second kappa shape index (κ2) is 11.2. The molecule has 1 aliphatic rings. The molecule has 1 aliphatic heterocycles. The number of carbonyl (C=O) groups is 4. The molecule has 0 aliphatic carbocycles. The zero-order valence-electron chi connectivity index (χ0n) is 22.3. The average Bonchev–Trinajstić information content (AvgIpc) is 3.58. The van der Waals surface area contributed by atoms with Crippen LogP contribution >= 0.6 is 0 Å². The molecule has 3 heterocycles. The summed E-state index contributed by atoms with van der Waals surface area (Å²) < 4.78 is 17.0. The number of likely N-dealkylation sites (tertiary alicyclic amines) is 1. The second-order valence-electron chi connectivity index (χ2n) is 10.1. The lowest BCUT2D eigenvalue weighted by Crippen LogP contribution is -2.39. The van der Waals surface area contributed by atoms with Crippen LogP contribution in [0.3, 0.4) is 0 Å². The van der Waals surface area contributed by atoms with E-state index in [1.54, 1.807) is 28.8 Å². The van der Waals surface area contributed by atoms with Crippen LogP contribution in [0.4, 0.5) is 0 Å². The summed E-state index contributed by atoms with van der Waals surface area (Å²) in [6.07, 6.45) is 1.91. The smallest absolute Gasteiger partial charge is 0.496 e. The standard InChI is InChI=1S/C27H32N4O8/c1-14(2)10-21(31-19-6-5-7-22(37-4)17(19)12-20(31)24(28)33)25(34)29-18(23-13-38-27(36)39-23)11-16-8-9-30(15(3)32)26(16)35/h5-7,12-14,16,18,21H,8-11H2,1-4H3,(H2,28,33)(H,29,34)/t16-,18?,21?/m0/s1. The maximum Gasteiger partial charge on any atom is 0.518 e. The van der Waals surface area contributed by atoms with Gasteiger partial charge in [0.05, 0.1) is 18.7 Å². The molecular weight excluding hydrogens is 508 g/mol. The summed E-state index contributed by atoms with van der Waals surface area (Å²) in [6, 6.07) is 5.07. The number of rotatable bonds is 10. The molecule has 0 saturated carbocycles. The number of primary amides is 1. The maximum absolute atomic E-state index is 14.0. The monoisotopic (exact) mass is 540 g/mol. The van der Waals surface area contributed by atoms with Gasteiger partial charge in [-0.2, -0.15) is 0 Å². The third-order valence-electron chi connectivity index (χ3n) is 6.97. The van der Waals surface area contributed by atoms with Gasteiger partial charge in [-0.05, 0) is 43.4 Å². The van der Waals surface area contributed by atoms with Crippen molar-refractivity contribution >= 4 is 34.5 Å². The molecule has 0 radical (unpaired) electrons. The normalized spacial score (nSPS) is 17.0. The number of methoxy groups -OCH3 is 1. The van der Waals surface area contributed by atoms with Crippen molar-refractivity contribution in [1.82, 2.24) is 14.8 Å². The molecule has 1 saturated heterocycles. The number of amides is 4. The highest BCUT2D eigenvalue weighted by molar-refractivity contribution is 6.01. The summed E-state index contributed by atoms with van der Waals surface area (Å²) >= 11 is 0. The molecule has 4 rings (SSSR count). The zero-order valence-corrected chi connectivity index (χ0v) is 22.3. The number of fused-ring (bicyclic) bond motifs is 1. The van der Waals surface area contributed by atoms with E-state index in [2.05, 4.69) is 5.32 Å². The Hall–Kier alpha value is -4.35. The van der Waals surface area contributed by atoms with E-state index < -0.39 is 35.6 Å². The van der Waals surface area contributed by atoms with Crippen LogP contribution < -0.4 is 21.6 Å². The number of carbonyl (C=O) groups excluding carboxylic acids is 4. The number of nitrogens with one attached hydrogen (secondary N) is 1. The molecule has 12 nitrogen and oxygen atoms in total. The van der Waals surface area contributed by atoms with Gasteiger partial charge in [-0.25, -0.2) is 4.79 Å². The number of hydrogen-bond acceptors (Lipinski definition) is 8. The van der Waals surface area contributed by atoms with Crippen LogP contribution in [0.15, 0.2) is 44.2 Å². The van der Waals surface area contributed by atoms with Crippen molar-refractivity contribution in [2.24, 2.45) is 17.6 Å². The van der Waals surface area contributed by atoms with E-state index in [9.17, 15) is 24.0 Å². The maximum atomic E-state index is 14.0. The minimum atomic E-state index is -0.953. The van der Waals surface area contributed by atoms with E-state index in [4.69, 9.17) is 19.3 Å². The first-order chi connectivity index (χ1) is 18.5. The average molecular weight is 541 g/mol. The Labute approximate surface area is 224 Å². The summed E-state index contributed by atoms with van der Waals surface area (Å²) in [5, 5.41) is 3.52. The highest BCUT2D eigenvalue weighted by atomic mass is 16.6. The largest absolute Gasteiger partial charge is 0.518 e. The molecule has 12 heteroatoms. The Morgan fingerprint density at radius 1 is 1.23 bits per heavy atom. The number of ether oxygens (including phenoxy) is 1. The molecule has 3 aromatic rings. The third kappa shape index (κ3) is 5.59. The highest BCUT2D eigenvalue weighted by Gasteiger charge is 2.38. The van der Waals surface area contributed by atoms with Crippen LogP contribution in [-0.2, 0) is 14.4 Å². The first-order valence-corrected chi connectivity index (χ1v) is 12.7. The third-order valence-corrected chi connectivity index (χ3v) is 6.97. The van der Waals surface area contributed by atoms with Gasteiger partial charge in [-0.15, -0.1) is 0 Å². The molecular formula is C27H32N4O8. The summed E-state index contributed by atoms with van der Waals surface area (Å²) in [5.41, 5.74) is 6.44. The van der Waals surface area contributed by atoms with E-state index in [0.717, 1.165) is 11.2 Å². The lowest BCUT2D eigenvalue weighted by molar-refractivity contribution is -0.142. The quantitative estimate of drug-likeness (QED) is 0.396. The van der Waals surface area contributed by atoms with Gasteiger partial charge >= 0.3 is 5.82 Å². The summed E-state index contributed by atoms with van der Waals surface area (Å²) in [5.74, 6) is -2.84. The van der Waals surface area contributed by atoms with Crippen molar-refractivity contribution < 1.29 is 32.7 Å². The second-order valence-corrected chi connectivity index (χ2v) is 10.1. The van der Waals surface area contributed by atoms with Crippen LogP contribution in [0, 0.1) is 11.8 Å². The van der Waals surface area contributed by atoms with Crippen molar-refractivity contribution in [2.45, 2.75) is 52.1 Å². The zero-order chi connectivity index (χ0) is 28.4. The summed E-state index contributed by atoms with van der Waals surface area (Å²) in [4.78, 5) is 63.9. The lowest BCUT2D eigenvalue weighted by Gasteiger charge is -2.26. The number of benzene rings is 1. The minimum Gasteiger partial charge on any atom is -0.496 e. The first kappa shape index (κ1) is 27.7. The Bertz CT molecular complexity index is 1470. The van der Waals surface area contributed by atoms with E-state index in [-0.39, 0.29) is 42.2 Å². The van der Waals surface area contributed by atoms with Crippen molar-refractivity contribution in [3.8, 4) is 5.75 Å². The minimum absolute atomic E-state index is 0.0374. The van der Waals surface area contributed by atoms with Gasteiger partial charge in [0.15, 0.2) is 5.76 Å². The SMILES string of the molecule is COc1cccc2c1cc(C(N)=O)n2C(CC(C)C)C(=O)NC(C[C@@H]1CCN(C(C)=O)C1=O)c1coc(=O)o1. The fraction of sp³-hybridized carbons (Fsp3) is 0.444. The number of nitrogens with zero attached hydrogens (tertiary/aromatic N) is 2. The van der Waals surface area contributed by atoms with Gasteiger partial charge in [0.25, 0.3) is 5.91 Å². The van der Waals surface area contributed by atoms with Crippen LogP contribution in [0.5, 0.6) is 5.75 Å². The molecule has 208 valence electrons. The predicted octanol–water partition coefficient (Wildman–Crippen LogP) is 2.52. The Morgan fingerprint density at radius 3 is 2.54 bits per heavy atom. The Morgan fingerprint density at radius 2 is 1.97 bits per heavy atom. The molecule has 2 unspecified atom stereocenters. The van der Waals surface area contributed by atoms with Crippen molar-refractivity contribution in [3.05, 3.63) is 52.6 Å². The van der Waals surface area contributed by atoms with E-state index in [0.29, 0.717) is 29.5 Å². The first-order valence-electron chi connectivity index (χ1n) is 12.7. The van der Waals surface area contributed by atoms with Crippen LogP contribution in [0.1, 0.15) is 68.4 Å². The molecule has 1 aromatic carbocycles. The number of imide groups is 1. The molecule has 4 amide bonds. The van der Waals surface area contributed by atoms with Crippen LogP contribution in [0.25, 0.3) is 10.9 Å². The topological polar surface area (TPSA) is 167 Å². The van der Waals surface area contributed by atoms with Crippen molar-refractivity contribution in [2.75, 3.05) is 13.7 Å². The Kier molecular flexibility index (Phi) is 7.93. The predicted molar refractivity (Wildman–Crippen MR) is 139 cm³/mol. The fourth-order valence-corrected chi connectivity index (χ4v) is 5.18. The fourth-order valence-electron chi connectivity index (χ4n) is 5.18. The number of hydrogen-bond donors (Lipinski definition) is 2. The molecule has 39 heavy (non-hydrogen) atoms. The van der Waals surface area contributed by atoms with Gasteiger partial charge in [-0.1, -0.05) is 19.9 Å². The number of nitrogens with two attached hydrogens (primary N) is 1. The van der Waals surface area contributed by atoms with Gasteiger partial charge in [0.1, 0.15) is 23.7 Å². The molecule has 2 aromatic heterocycles.